The molecule has 1 aromatic heterocycles. The van der Waals surface area contributed by atoms with E-state index in [4.69, 9.17) is 11.6 Å². The van der Waals surface area contributed by atoms with Gasteiger partial charge in [0, 0.05) is 10.7 Å². The number of rotatable bonds is 5. The third-order valence-corrected chi connectivity index (χ3v) is 5.43. The number of anilines is 3. The van der Waals surface area contributed by atoms with Crippen molar-refractivity contribution in [3.8, 4) is 0 Å². The van der Waals surface area contributed by atoms with Crippen LogP contribution in [0.25, 0.3) is 0 Å². The smallest absolute Gasteiger partial charge is 0.263 e. The third kappa shape index (κ3) is 4.30. The second-order valence-electron chi connectivity index (χ2n) is 5.79. The molecule has 0 aliphatic rings. The minimum atomic E-state index is -3.74. The Morgan fingerprint density at radius 2 is 1.50 bits per heavy atom. The van der Waals surface area contributed by atoms with Crippen molar-refractivity contribution in [1.82, 2.24) is 10.2 Å². The topological polar surface area (TPSA) is 84.0 Å². The van der Waals surface area contributed by atoms with Crippen molar-refractivity contribution in [3.05, 3.63) is 70.7 Å². The first kappa shape index (κ1) is 18.2. The molecule has 8 heteroatoms. The summed E-state index contributed by atoms with van der Waals surface area (Å²) in [5, 5.41) is 11.5. The van der Waals surface area contributed by atoms with Crippen LogP contribution in [0, 0.1) is 13.8 Å². The molecule has 3 rings (SSSR count). The first-order valence-corrected chi connectivity index (χ1v) is 9.66. The number of nitrogens with one attached hydrogen (secondary N) is 2. The molecule has 0 aliphatic heterocycles. The molecular formula is C18H17ClN4O2S. The molecule has 0 atom stereocenters. The Kier molecular flexibility index (Phi) is 5.11. The van der Waals surface area contributed by atoms with Crippen LogP contribution in [-0.2, 0) is 10.0 Å². The summed E-state index contributed by atoms with van der Waals surface area (Å²) in [4.78, 5) is 0.0982. The quantitative estimate of drug-likeness (QED) is 0.681. The predicted octanol–water partition coefficient (Wildman–Crippen LogP) is 4.29. The van der Waals surface area contributed by atoms with Crippen LogP contribution in [0.2, 0.25) is 5.02 Å². The van der Waals surface area contributed by atoms with Crippen molar-refractivity contribution < 1.29 is 8.42 Å². The minimum absolute atomic E-state index is 0.0982. The normalized spacial score (nSPS) is 11.2. The van der Waals surface area contributed by atoms with Crippen molar-refractivity contribution >= 4 is 38.9 Å². The molecule has 0 unspecified atom stereocenters. The first-order chi connectivity index (χ1) is 12.3. The Hall–Kier alpha value is -2.64. The van der Waals surface area contributed by atoms with E-state index in [0.717, 1.165) is 11.3 Å². The van der Waals surface area contributed by atoms with Gasteiger partial charge >= 0.3 is 0 Å². The van der Waals surface area contributed by atoms with Gasteiger partial charge in [-0.15, -0.1) is 10.2 Å². The zero-order chi connectivity index (χ0) is 18.7. The Bertz CT molecular complexity index is 1020. The molecule has 2 aromatic carbocycles. The maximum atomic E-state index is 12.3. The van der Waals surface area contributed by atoms with Crippen molar-refractivity contribution in [2.75, 3.05) is 10.0 Å². The highest BCUT2D eigenvalue weighted by atomic mass is 35.5. The molecule has 0 fully saturated rings. The van der Waals surface area contributed by atoms with Gasteiger partial charge in [0.05, 0.1) is 4.90 Å². The predicted molar refractivity (Wildman–Crippen MR) is 103 cm³/mol. The van der Waals surface area contributed by atoms with Crippen LogP contribution in [0.5, 0.6) is 0 Å². The molecule has 2 N–H and O–H groups in total. The number of aryl methyl sites for hydroxylation is 2. The van der Waals surface area contributed by atoms with Crippen molar-refractivity contribution in [2.24, 2.45) is 0 Å². The van der Waals surface area contributed by atoms with Crippen LogP contribution in [0.3, 0.4) is 0 Å². The SMILES string of the molecule is Cc1ccc(Nc2ccc(NS(=O)(=O)c3ccc(Cl)cc3)nn2)cc1C. The summed E-state index contributed by atoms with van der Waals surface area (Å²) in [5.41, 5.74) is 3.25. The van der Waals surface area contributed by atoms with E-state index in [1.165, 1.54) is 29.8 Å². The second-order valence-corrected chi connectivity index (χ2v) is 7.91. The van der Waals surface area contributed by atoms with E-state index in [2.05, 4.69) is 20.2 Å². The number of sulfonamides is 1. The molecular weight excluding hydrogens is 372 g/mol. The highest BCUT2D eigenvalue weighted by Gasteiger charge is 2.15. The Morgan fingerprint density at radius 3 is 2.12 bits per heavy atom. The number of nitrogens with zero attached hydrogens (tertiary/aromatic N) is 2. The number of hydrogen-bond acceptors (Lipinski definition) is 5. The lowest BCUT2D eigenvalue weighted by Crippen LogP contribution is -2.14. The number of hydrogen-bond donors (Lipinski definition) is 2. The minimum Gasteiger partial charge on any atom is -0.339 e. The Balaban J connectivity index is 1.73. The Labute approximate surface area is 157 Å². The average Bonchev–Trinajstić information content (AvgIpc) is 2.60. The van der Waals surface area contributed by atoms with Crippen LogP contribution in [-0.4, -0.2) is 18.6 Å². The summed E-state index contributed by atoms with van der Waals surface area (Å²) < 4.78 is 27.0. The molecule has 134 valence electrons. The second kappa shape index (κ2) is 7.31. The summed E-state index contributed by atoms with van der Waals surface area (Å²) >= 11 is 5.78. The average molecular weight is 389 g/mol. The fraction of sp³-hybridized carbons (Fsp3) is 0.111. The summed E-state index contributed by atoms with van der Waals surface area (Å²) in [6.07, 6.45) is 0. The zero-order valence-corrected chi connectivity index (χ0v) is 15.8. The van der Waals surface area contributed by atoms with Crippen molar-refractivity contribution in [3.63, 3.8) is 0 Å². The van der Waals surface area contributed by atoms with Crippen LogP contribution < -0.4 is 10.0 Å². The molecule has 26 heavy (non-hydrogen) atoms. The first-order valence-electron chi connectivity index (χ1n) is 7.80. The third-order valence-electron chi connectivity index (χ3n) is 3.81. The van der Waals surface area contributed by atoms with E-state index < -0.39 is 10.0 Å². The van der Waals surface area contributed by atoms with Crippen LogP contribution in [0.4, 0.5) is 17.3 Å². The van der Waals surface area contributed by atoms with Gasteiger partial charge in [-0.2, -0.15) is 0 Å². The molecule has 0 radical (unpaired) electrons. The van der Waals surface area contributed by atoms with Gasteiger partial charge in [0.2, 0.25) is 0 Å². The molecule has 6 nitrogen and oxygen atoms in total. The molecule has 0 saturated carbocycles. The van der Waals surface area contributed by atoms with E-state index in [1.54, 1.807) is 12.1 Å². The van der Waals surface area contributed by atoms with Gasteiger partial charge in [0.15, 0.2) is 11.6 Å². The summed E-state index contributed by atoms with van der Waals surface area (Å²) in [5.74, 6) is 0.647. The largest absolute Gasteiger partial charge is 0.339 e. The van der Waals surface area contributed by atoms with Crippen LogP contribution >= 0.6 is 11.6 Å². The monoisotopic (exact) mass is 388 g/mol. The highest BCUT2D eigenvalue weighted by molar-refractivity contribution is 7.92. The number of benzene rings is 2. The van der Waals surface area contributed by atoms with Crippen molar-refractivity contribution in [2.45, 2.75) is 18.7 Å². The van der Waals surface area contributed by atoms with E-state index >= 15 is 0 Å². The lowest BCUT2D eigenvalue weighted by atomic mass is 10.1. The van der Waals surface area contributed by atoms with Gasteiger partial charge in [-0.05, 0) is 73.5 Å². The molecule has 0 bridgehead atoms. The molecule has 1 heterocycles. The van der Waals surface area contributed by atoms with Gasteiger partial charge in [-0.1, -0.05) is 17.7 Å². The standard InChI is InChI=1S/C18H17ClN4O2S/c1-12-3-6-15(11-13(12)2)20-17-9-10-18(22-21-17)23-26(24,25)16-7-4-14(19)5-8-16/h3-11H,1-2H3,(H,20,21)(H,22,23). The zero-order valence-electron chi connectivity index (χ0n) is 14.2. The number of halogens is 1. The van der Waals surface area contributed by atoms with Gasteiger partial charge in [0.25, 0.3) is 10.0 Å². The van der Waals surface area contributed by atoms with E-state index in [9.17, 15) is 8.42 Å². The fourth-order valence-electron chi connectivity index (χ4n) is 2.23. The lowest BCUT2D eigenvalue weighted by Gasteiger charge is -2.09. The molecule has 0 aliphatic carbocycles. The van der Waals surface area contributed by atoms with Crippen LogP contribution in [0.15, 0.2) is 59.5 Å². The summed E-state index contributed by atoms with van der Waals surface area (Å²) in [6, 6.07) is 15.0. The maximum Gasteiger partial charge on any atom is 0.263 e. The molecule has 3 aromatic rings. The van der Waals surface area contributed by atoms with Crippen molar-refractivity contribution in [1.29, 1.82) is 0 Å². The maximum absolute atomic E-state index is 12.3. The molecule has 0 saturated heterocycles. The van der Waals surface area contributed by atoms with E-state index in [0.29, 0.717) is 10.8 Å². The van der Waals surface area contributed by atoms with E-state index in [1.807, 2.05) is 32.0 Å². The van der Waals surface area contributed by atoms with Crippen LogP contribution in [0.1, 0.15) is 11.1 Å². The summed E-state index contributed by atoms with van der Waals surface area (Å²) in [6.45, 7) is 4.07. The lowest BCUT2D eigenvalue weighted by molar-refractivity contribution is 0.601. The van der Waals surface area contributed by atoms with Gasteiger partial charge < -0.3 is 5.32 Å². The molecule has 0 spiro atoms. The Morgan fingerprint density at radius 1 is 0.846 bits per heavy atom. The fourth-order valence-corrected chi connectivity index (χ4v) is 3.35. The van der Waals surface area contributed by atoms with Gasteiger partial charge in [-0.25, -0.2) is 8.42 Å². The van der Waals surface area contributed by atoms with Gasteiger partial charge in [0.1, 0.15) is 0 Å². The molecule has 0 amide bonds. The highest BCUT2D eigenvalue weighted by Crippen LogP contribution is 2.20. The summed E-state index contributed by atoms with van der Waals surface area (Å²) in [7, 11) is -3.74. The number of aromatic nitrogens is 2. The van der Waals surface area contributed by atoms with Gasteiger partial charge in [-0.3, -0.25) is 4.72 Å². The van der Waals surface area contributed by atoms with E-state index in [-0.39, 0.29) is 10.7 Å².